The van der Waals surface area contributed by atoms with Crippen LogP contribution in [-0.2, 0) is 13.0 Å². The van der Waals surface area contributed by atoms with Crippen molar-refractivity contribution in [2.24, 2.45) is 0 Å². The fourth-order valence-corrected chi connectivity index (χ4v) is 2.40. The molecular weight excluding hydrogens is 300 g/mol. The molecule has 2 aromatic heterocycles. The van der Waals surface area contributed by atoms with Crippen LogP contribution in [0.25, 0.3) is 0 Å². The van der Waals surface area contributed by atoms with E-state index in [4.69, 9.17) is 0 Å². The summed E-state index contributed by atoms with van der Waals surface area (Å²) < 4.78 is 0.824. The molecular formula is C11H13BrN4S. The van der Waals surface area contributed by atoms with Crippen molar-refractivity contribution in [3.8, 4) is 0 Å². The summed E-state index contributed by atoms with van der Waals surface area (Å²) in [6, 6.07) is 1.92. The number of anilines is 1. The molecule has 0 atom stereocenters. The van der Waals surface area contributed by atoms with E-state index in [1.54, 1.807) is 11.3 Å². The molecule has 0 spiro atoms. The Morgan fingerprint density at radius 3 is 2.88 bits per heavy atom. The van der Waals surface area contributed by atoms with Gasteiger partial charge in [0.05, 0.1) is 17.7 Å². The Morgan fingerprint density at radius 2 is 2.24 bits per heavy atom. The highest BCUT2D eigenvalue weighted by Gasteiger charge is 2.08. The molecule has 0 fully saturated rings. The summed E-state index contributed by atoms with van der Waals surface area (Å²) in [5.74, 6) is 1.76. The number of rotatable bonds is 4. The molecule has 90 valence electrons. The van der Waals surface area contributed by atoms with Crippen LogP contribution < -0.4 is 4.90 Å². The maximum absolute atomic E-state index is 4.49. The van der Waals surface area contributed by atoms with Gasteiger partial charge < -0.3 is 4.90 Å². The third-order valence-corrected chi connectivity index (χ3v) is 3.36. The van der Waals surface area contributed by atoms with Crippen LogP contribution in [0.15, 0.2) is 21.6 Å². The van der Waals surface area contributed by atoms with Crippen LogP contribution in [-0.4, -0.2) is 22.0 Å². The fraction of sp³-hybridized carbons (Fsp3) is 0.364. The Hall–Kier alpha value is -1.01. The molecule has 0 N–H and O–H groups in total. The maximum Gasteiger partial charge on any atom is 0.133 e. The van der Waals surface area contributed by atoms with Crippen molar-refractivity contribution in [3.63, 3.8) is 0 Å². The summed E-state index contributed by atoms with van der Waals surface area (Å²) in [4.78, 5) is 15.1. The van der Waals surface area contributed by atoms with E-state index < -0.39 is 0 Å². The minimum absolute atomic E-state index is 0.760. The number of thiazole rings is 1. The molecule has 6 heteroatoms. The maximum atomic E-state index is 4.49. The van der Waals surface area contributed by atoms with E-state index in [1.165, 1.54) is 0 Å². The van der Waals surface area contributed by atoms with Gasteiger partial charge in [0.2, 0.25) is 0 Å². The molecule has 2 aromatic rings. The molecule has 0 aliphatic rings. The molecule has 2 rings (SSSR count). The molecule has 0 amide bonds. The number of halogens is 1. The summed E-state index contributed by atoms with van der Waals surface area (Å²) in [6.45, 7) is 2.81. The first-order valence-corrected chi connectivity index (χ1v) is 7.04. The first-order chi connectivity index (χ1) is 8.19. The average molecular weight is 313 g/mol. The molecule has 0 saturated carbocycles. The Balaban J connectivity index is 2.18. The second-order valence-electron chi connectivity index (χ2n) is 3.65. The molecule has 0 bridgehead atoms. The van der Waals surface area contributed by atoms with Crippen molar-refractivity contribution in [3.05, 3.63) is 33.1 Å². The van der Waals surface area contributed by atoms with Gasteiger partial charge in [-0.1, -0.05) is 6.92 Å². The highest BCUT2D eigenvalue weighted by atomic mass is 79.9. The number of nitrogens with zero attached hydrogens (tertiary/aromatic N) is 4. The third kappa shape index (κ3) is 3.23. The standard InChI is InChI=1S/C11H13BrN4S/c1-3-10-14-9(12)4-11(15-10)16(2)5-8-6-17-7-13-8/h4,6-7H,3,5H2,1-2H3. The van der Waals surface area contributed by atoms with Crippen LogP contribution >= 0.6 is 27.3 Å². The lowest BCUT2D eigenvalue weighted by molar-refractivity contribution is 0.840. The van der Waals surface area contributed by atoms with Crippen molar-refractivity contribution < 1.29 is 0 Å². The Labute approximate surface area is 113 Å². The summed E-state index contributed by atoms with van der Waals surface area (Å²) in [5, 5.41) is 2.05. The smallest absolute Gasteiger partial charge is 0.133 e. The van der Waals surface area contributed by atoms with Crippen LogP contribution in [0.4, 0.5) is 5.82 Å². The van der Waals surface area contributed by atoms with Crippen LogP contribution in [0.3, 0.4) is 0 Å². The Morgan fingerprint density at radius 1 is 1.41 bits per heavy atom. The molecule has 2 heterocycles. The van der Waals surface area contributed by atoms with Gasteiger partial charge in [-0.2, -0.15) is 0 Å². The predicted octanol–water partition coefficient (Wildman–Crippen LogP) is 2.89. The van der Waals surface area contributed by atoms with E-state index in [9.17, 15) is 0 Å². The first-order valence-electron chi connectivity index (χ1n) is 5.30. The normalized spacial score (nSPS) is 10.5. The van der Waals surface area contributed by atoms with Gasteiger partial charge in [0, 0.05) is 24.9 Å². The topological polar surface area (TPSA) is 41.9 Å². The highest BCUT2D eigenvalue weighted by molar-refractivity contribution is 9.10. The number of hydrogen-bond donors (Lipinski definition) is 0. The van der Waals surface area contributed by atoms with E-state index in [0.717, 1.165) is 34.9 Å². The van der Waals surface area contributed by atoms with Gasteiger partial charge in [0.15, 0.2) is 0 Å². The van der Waals surface area contributed by atoms with E-state index >= 15 is 0 Å². The third-order valence-electron chi connectivity index (χ3n) is 2.32. The molecule has 0 saturated heterocycles. The number of aryl methyl sites for hydroxylation is 1. The Kier molecular flexibility index (Phi) is 4.06. The second-order valence-corrected chi connectivity index (χ2v) is 5.19. The van der Waals surface area contributed by atoms with Gasteiger partial charge in [0.25, 0.3) is 0 Å². The summed E-state index contributed by atoms with van der Waals surface area (Å²) in [5.41, 5.74) is 2.90. The van der Waals surface area contributed by atoms with Crippen molar-refractivity contribution >= 4 is 33.1 Å². The van der Waals surface area contributed by atoms with E-state index in [0.29, 0.717) is 0 Å². The summed E-state index contributed by atoms with van der Waals surface area (Å²) in [7, 11) is 2.01. The summed E-state index contributed by atoms with van der Waals surface area (Å²) in [6.07, 6.45) is 0.830. The zero-order valence-corrected chi connectivity index (χ0v) is 12.1. The lowest BCUT2D eigenvalue weighted by Gasteiger charge is -2.17. The molecule has 0 radical (unpaired) electrons. The number of hydrogen-bond acceptors (Lipinski definition) is 5. The second kappa shape index (κ2) is 5.55. The van der Waals surface area contributed by atoms with Gasteiger partial charge in [-0.25, -0.2) is 15.0 Å². The molecule has 0 aromatic carbocycles. The summed E-state index contributed by atoms with van der Waals surface area (Å²) >= 11 is 5.02. The highest BCUT2D eigenvalue weighted by Crippen LogP contribution is 2.17. The first kappa shape index (κ1) is 12.4. The lowest BCUT2D eigenvalue weighted by Crippen LogP contribution is -2.18. The lowest BCUT2D eigenvalue weighted by atomic mass is 10.4. The van der Waals surface area contributed by atoms with Crippen LogP contribution in [0, 0.1) is 0 Å². The minimum atomic E-state index is 0.760. The van der Waals surface area contributed by atoms with Gasteiger partial charge in [0.1, 0.15) is 16.2 Å². The minimum Gasteiger partial charge on any atom is -0.354 e. The largest absolute Gasteiger partial charge is 0.354 e. The zero-order chi connectivity index (χ0) is 12.3. The molecule has 4 nitrogen and oxygen atoms in total. The van der Waals surface area contributed by atoms with Crippen molar-refractivity contribution in [2.75, 3.05) is 11.9 Å². The zero-order valence-electron chi connectivity index (χ0n) is 9.72. The van der Waals surface area contributed by atoms with Crippen LogP contribution in [0.5, 0.6) is 0 Å². The fourth-order valence-electron chi connectivity index (χ4n) is 1.44. The van der Waals surface area contributed by atoms with Crippen LogP contribution in [0.1, 0.15) is 18.4 Å². The number of aromatic nitrogens is 3. The van der Waals surface area contributed by atoms with Crippen molar-refractivity contribution in [2.45, 2.75) is 19.9 Å². The van der Waals surface area contributed by atoms with E-state index in [-0.39, 0.29) is 0 Å². The van der Waals surface area contributed by atoms with Gasteiger partial charge in [-0.05, 0) is 15.9 Å². The average Bonchev–Trinajstić information content (AvgIpc) is 2.81. The van der Waals surface area contributed by atoms with Crippen LogP contribution in [0.2, 0.25) is 0 Å². The monoisotopic (exact) mass is 312 g/mol. The molecule has 0 aliphatic heterocycles. The van der Waals surface area contributed by atoms with Crippen molar-refractivity contribution in [1.29, 1.82) is 0 Å². The quantitative estimate of drug-likeness (QED) is 0.814. The van der Waals surface area contributed by atoms with E-state index in [2.05, 4.69) is 35.8 Å². The van der Waals surface area contributed by atoms with Gasteiger partial charge in [-0.3, -0.25) is 0 Å². The van der Waals surface area contributed by atoms with E-state index in [1.807, 2.05) is 30.9 Å². The van der Waals surface area contributed by atoms with Gasteiger partial charge >= 0.3 is 0 Å². The molecule has 17 heavy (non-hydrogen) atoms. The molecule has 0 aliphatic carbocycles. The SMILES string of the molecule is CCc1nc(Br)cc(N(C)Cc2cscn2)n1. The van der Waals surface area contributed by atoms with Crippen molar-refractivity contribution in [1.82, 2.24) is 15.0 Å². The molecule has 0 unspecified atom stereocenters. The van der Waals surface area contributed by atoms with Gasteiger partial charge in [-0.15, -0.1) is 11.3 Å². The Bertz CT molecular complexity index is 486. The predicted molar refractivity (Wildman–Crippen MR) is 73.3 cm³/mol.